The standard InChI is InChI=1S/C11H22N2O2S/c1-3-16-9-4-12-10(2)11(14)13-5-7-15-8-6-13/h10,12H,3-9H2,1-2H3. The molecule has 4 nitrogen and oxygen atoms in total. The average Bonchev–Trinajstić information content (AvgIpc) is 2.34. The van der Waals surface area contributed by atoms with E-state index in [1.807, 2.05) is 23.6 Å². The summed E-state index contributed by atoms with van der Waals surface area (Å²) in [5, 5.41) is 3.26. The molecular formula is C11H22N2O2S. The van der Waals surface area contributed by atoms with Crippen molar-refractivity contribution in [2.24, 2.45) is 0 Å². The van der Waals surface area contributed by atoms with Gasteiger partial charge >= 0.3 is 0 Å². The van der Waals surface area contributed by atoms with Crippen LogP contribution < -0.4 is 5.32 Å². The molecule has 0 spiro atoms. The summed E-state index contributed by atoms with van der Waals surface area (Å²) < 4.78 is 5.23. The number of nitrogens with zero attached hydrogens (tertiary/aromatic N) is 1. The number of amides is 1. The van der Waals surface area contributed by atoms with Crippen LogP contribution in [0, 0.1) is 0 Å². The number of hydrogen-bond donors (Lipinski definition) is 1. The van der Waals surface area contributed by atoms with Gasteiger partial charge in [-0.2, -0.15) is 11.8 Å². The molecule has 94 valence electrons. The maximum atomic E-state index is 12.0. The van der Waals surface area contributed by atoms with Crippen LogP contribution in [0.15, 0.2) is 0 Å². The number of thioether (sulfide) groups is 1. The van der Waals surface area contributed by atoms with Crippen LogP contribution in [0.25, 0.3) is 0 Å². The zero-order chi connectivity index (χ0) is 11.8. The predicted octanol–water partition coefficient (Wildman–Crippen LogP) is 0.576. The van der Waals surface area contributed by atoms with Gasteiger partial charge in [-0.25, -0.2) is 0 Å². The Bertz CT molecular complexity index is 208. The van der Waals surface area contributed by atoms with Gasteiger partial charge in [-0.05, 0) is 12.7 Å². The molecule has 1 unspecified atom stereocenters. The van der Waals surface area contributed by atoms with E-state index in [-0.39, 0.29) is 11.9 Å². The van der Waals surface area contributed by atoms with Crippen molar-refractivity contribution in [1.29, 1.82) is 0 Å². The van der Waals surface area contributed by atoms with Crippen molar-refractivity contribution in [2.45, 2.75) is 19.9 Å². The van der Waals surface area contributed by atoms with Crippen molar-refractivity contribution in [2.75, 3.05) is 44.4 Å². The van der Waals surface area contributed by atoms with Crippen LogP contribution in [0.1, 0.15) is 13.8 Å². The van der Waals surface area contributed by atoms with Crippen molar-refractivity contribution < 1.29 is 9.53 Å². The topological polar surface area (TPSA) is 41.6 Å². The highest BCUT2D eigenvalue weighted by Crippen LogP contribution is 2.01. The highest BCUT2D eigenvalue weighted by Gasteiger charge is 2.21. The molecule has 0 aromatic heterocycles. The Labute approximate surface area is 102 Å². The van der Waals surface area contributed by atoms with Crippen molar-refractivity contribution in [3.05, 3.63) is 0 Å². The number of morpholine rings is 1. The minimum atomic E-state index is -0.0736. The van der Waals surface area contributed by atoms with Crippen LogP contribution in [0.5, 0.6) is 0 Å². The van der Waals surface area contributed by atoms with Crippen LogP contribution in [-0.4, -0.2) is 61.2 Å². The zero-order valence-electron chi connectivity index (χ0n) is 10.2. The zero-order valence-corrected chi connectivity index (χ0v) is 11.0. The molecule has 1 amide bonds. The third-order valence-electron chi connectivity index (χ3n) is 2.59. The van der Waals surface area contributed by atoms with E-state index in [9.17, 15) is 4.79 Å². The summed E-state index contributed by atoms with van der Waals surface area (Å²) in [6.07, 6.45) is 0. The molecule has 5 heteroatoms. The first-order valence-corrected chi connectivity index (χ1v) is 7.08. The van der Waals surface area contributed by atoms with Gasteiger partial charge < -0.3 is 15.0 Å². The SMILES string of the molecule is CCSCCNC(C)C(=O)N1CCOCC1. The lowest BCUT2D eigenvalue weighted by molar-refractivity contribution is -0.137. The Morgan fingerprint density at radius 3 is 2.81 bits per heavy atom. The number of rotatable bonds is 6. The smallest absolute Gasteiger partial charge is 0.239 e. The molecule has 1 rings (SSSR count). The Hall–Kier alpha value is -0.260. The first kappa shape index (κ1) is 13.8. The number of ether oxygens (including phenoxy) is 1. The van der Waals surface area contributed by atoms with Crippen LogP contribution in [-0.2, 0) is 9.53 Å². The van der Waals surface area contributed by atoms with E-state index in [4.69, 9.17) is 4.74 Å². The van der Waals surface area contributed by atoms with Crippen LogP contribution >= 0.6 is 11.8 Å². The van der Waals surface area contributed by atoms with E-state index in [2.05, 4.69) is 12.2 Å². The summed E-state index contributed by atoms with van der Waals surface area (Å²) in [4.78, 5) is 13.8. The summed E-state index contributed by atoms with van der Waals surface area (Å²) in [7, 11) is 0. The number of carbonyl (C=O) groups is 1. The van der Waals surface area contributed by atoms with Crippen molar-refractivity contribution >= 4 is 17.7 Å². The third kappa shape index (κ3) is 4.72. The minimum Gasteiger partial charge on any atom is -0.378 e. The maximum Gasteiger partial charge on any atom is 0.239 e. The highest BCUT2D eigenvalue weighted by molar-refractivity contribution is 7.99. The summed E-state index contributed by atoms with van der Waals surface area (Å²) in [5.41, 5.74) is 0. The summed E-state index contributed by atoms with van der Waals surface area (Å²) in [5.74, 6) is 2.40. The molecule has 0 aromatic rings. The van der Waals surface area contributed by atoms with Crippen LogP contribution in [0.3, 0.4) is 0 Å². The molecular weight excluding hydrogens is 224 g/mol. The fourth-order valence-electron chi connectivity index (χ4n) is 1.64. The Balaban J connectivity index is 2.18. The van der Waals surface area contributed by atoms with Crippen molar-refractivity contribution in [3.63, 3.8) is 0 Å². The largest absolute Gasteiger partial charge is 0.378 e. The maximum absolute atomic E-state index is 12.0. The van der Waals surface area contributed by atoms with Crippen molar-refractivity contribution in [1.82, 2.24) is 10.2 Å². The number of hydrogen-bond acceptors (Lipinski definition) is 4. The molecule has 1 saturated heterocycles. The summed E-state index contributed by atoms with van der Waals surface area (Å²) >= 11 is 1.89. The molecule has 1 N–H and O–H groups in total. The van der Waals surface area contributed by atoms with Crippen LogP contribution in [0.4, 0.5) is 0 Å². The number of carbonyl (C=O) groups excluding carboxylic acids is 1. The van der Waals surface area contributed by atoms with E-state index in [1.54, 1.807) is 0 Å². The van der Waals surface area contributed by atoms with Gasteiger partial charge in [0.25, 0.3) is 0 Å². The van der Waals surface area contributed by atoms with Crippen molar-refractivity contribution in [3.8, 4) is 0 Å². The quantitative estimate of drug-likeness (QED) is 0.696. The fraction of sp³-hybridized carbons (Fsp3) is 0.909. The molecule has 1 heterocycles. The van der Waals surface area contributed by atoms with Gasteiger partial charge in [0.05, 0.1) is 19.3 Å². The second-order valence-corrected chi connectivity index (χ2v) is 5.20. The second-order valence-electron chi connectivity index (χ2n) is 3.81. The van der Waals surface area contributed by atoms with Gasteiger partial charge in [0.1, 0.15) is 0 Å². The molecule has 1 aliphatic rings. The molecule has 1 fully saturated rings. The minimum absolute atomic E-state index is 0.0736. The molecule has 0 aliphatic carbocycles. The third-order valence-corrected chi connectivity index (χ3v) is 3.50. The molecule has 0 saturated carbocycles. The normalized spacial score (nSPS) is 18.5. The van der Waals surface area contributed by atoms with Gasteiger partial charge in [-0.1, -0.05) is 6.92 Å². The van der Waals surface area contributed by atoms with Gasteiger partial charge in [0.15, 0.2) is 0 Å². The van der Waals surface area contributed by atoms with E-state index < -0.39 is 0 Å². The highest BCUT2D eigenvalue weighted by atomic mass is 32.2. The Morgan fingerprint density at radius 2 is 2.19 bits per heavy atom. The summed E-state index contributed by atoms with van der Waals surface area (Å²) in [6, 6.07) is -0.0736. The molecule has 1 aliphatic heterocycles. The Kier molecular flexibility index (Phi) is 6.84. The van der Waals surface area contributed by atoms with E-state index in [0.717, 1.165) is 31.1 Å². The van der Waals surface area contributed by atoms with Gasteiger partial charge in [0.2, 0.25) is 5.91 Å². The monoisotopic (exact) mass is 246 g/mol. The lowest BCUT2D eigenvalue weighted by atomic mass is 10.2. The van der Waals surface area contributed by atoms with E-state index in [1.165, 1.54) is 0 Å². The van der Waals surface area contributed by atoms with E-state index >= 15 is 0 Å². The molecule has 0 aromatic carbocycles. The lowest BCUT2D eigenvalue weighted by Gasteiger charge is -2.29. The molecule has 16 heavy (non-hydrogen) atoms. The molecule has 0 bridgehead atoms. The average molecular weight is 246 g/mol. The fourth-order valence-corrected chi connectivity index (χ4v) is 2.19. The van der Waals surface area contributed by atoms with Gasteiger partial charge in [-0.3, -0.25) is 4.79 Å². The first-order chi connectivity index (χ1) is 7.75. The second kappa shape index (κ2) is 7.92. The van der Waals surface area contributed by atoms with Gasteiger partial charge in [0, 0.05) is 25.4 Å². The lowest BCUT2D eigenvalue weighted by Crippen LogP contribution is -2.49. The summed E-state index contributed by atoms with van der Waals surface area (Å²) in [6.45, 7) is 7.79. The first-order valence-electron chi connectivity index (χ1n) is 5.93. The van der Waals surface area contributed by atoms with Gasteiger partial charge in [-0.15, -0.1) is 0 Å². The van der Waals surface area contributed by atoms with Crippen LogP contribution in [0.2, 0.25) is 0 Å². The molecule has 0 radical (unpaired) electrons. The predicted molar refractivity (Wildman–Crippen MR) is 67.9 cm³/mol. The Morgan fingerprint density at radius 1 is 1.50 bits per heavy atom. The number of nitrogens with one attached hydrogen (secondary N) is 1. The molecule has 1 atom stereocenters. The van der Waals surface area contributed by atoms with E-state index in [0.29, 0.717) is 13.2 Å².